The summed E-state index contributed by atoms with van der Waals surface area (Å²) in [6, 6.07) is 0. The van der Waals surface area contributed by atoms with Gasteiger partial charge < -0.3 is 24.6 Å². The van der Waals surface area contributed by atoms with Crippen LogP contribution in [0.3, 0.4) is 0 Å². The number of nitrogens with two attached hydrogens (primary N) is 1. The van der Waals surface area contributed by atoms with Gasteiger partial charge in [0.25, 0.3) is 0 Å². The lowest BCUT2D eigenvalue weighted by Gasteiger charge is -2.13. The van der Waals surface area contributed by atoms with E-state index in [1.807, 2.05) is 0 Å². The normalized spacial score (nSPS) is 22.2. The molecule has 1 rings (SSSR count). The zero-order valence-electron chi connectivity index (χ0n) is 8.82. The van der Waals surface area contributed by atoms with Gasteiger partial charge in [-0.15, -0.1) is 0 Å². The van der Waals surface area contributed by atoms with Crippen molar-refractivity contribution in [3.05, 3.63) is 0 Å². The Labute approximate surface area is 94.0 Å². The third-order valence-electron chi connectivity index (χ3n) is 2.27. The smallest absolute Gasteiger partial charge is 0.323 e. The van der Waals surface area contributed by atoms with Crippen molar-refractivity contribution in [1.82, 2.24) is 0 Å². The average molecular weight is 273 g/mol. The predicted octanol–water partition coefficient (Wildman–Crippen LogP) is 0.859. The third kappa shape index (κ3) is 4.63. The van der Waals surface area contributed by atoms with E-state index in [0.29, 0.717) is 26.1 Å². The Bertz CT molecular complexity index is 306. The minimum Gasteiger partial charge on any atom is -0.323 e. The minimum atomic E-state index is -4.19. The van der Waals surface area contributed by atoms with Gasteiger partial charge >= 0.3 is 15.2 Å². The second kappa shape index (κ2) is 5.74. The molecule has 1 unspecified atom stereocenters. The van der Waals surface area contributed by atoms with Crippen LogP contribution in [0.15, 0.2) is 0 Å². The van der Waals surface area contributed by atoms with Gasteiger partial charge in [0.15, 0.2) is 0 Å². The standard InChI is InChI=1S/C7H17NO6P2/c8-7(16(10,11)12)3-1-2-6-15(9)13-4-5-14-15/h7H,1-6,8H2,(H2,10,11,12). The number of hydrogen-bond donors (Lipinski definition) is 3. The highest BCUT2D eigenvalue weighted by molar-refractivity contribution is 7.54. The second-order valence-electron chi connectivity index (χ2n) is 3.65. The largest absolute Gasteiger partial charge is 0.342 e. The van der Waals surface area contributed by atoms with Gasteiger partial charge in [-0.2, -0.15) is 0 Å². The maximum Gasteiger partial charge on any atom is 0.342 e. The first-order valence-corrected chi connectivity index (χ1v) is 8.43. The SMILES string of the molecule is NC(CCCCP1(=O)OCCO1)P(=O)(O)O. The van der Waals surface area contributed by atoms with Gasteiger partial charge in [0.1, 0.15) is 5.78 Å². The number of hydrogen-bond acceptors (Lipinski definition) is 5. The number of rotatable bonds is 6. The van der Waals surface area contributed by atoms with Crippen LogP contribution >= 0.6 is 15.2 Å². The van der Waals surface area contributed by atoms with Crippen molar-refractivity contribution in [2.75, 3.05) is 19.4 Å². The van der Waals surface area contributed by atoms with Crippen molar-refractivity contribution in [2.45, 2.75) is 25.0 Å². The van der Waals surface area contributed by atoms with E-state index in [9.17, 15) is 9.13 Å². The van der Waals surface area contributed by atoms with E-state index >= 15 is 0 Å². The summed E-state index contributed by atoms with van der Waals surface area (Å²) < 4.78 is 32.3. The Morgan fingerprint density at radius 3 is 2.38 bits per heavy atom. The molecular weight excluding hydrogens is 256 g/mol. The lowest BCUT2D eigenvalue weighted by molar-refractivity contribution is 0.348. The topological polar surface area (TPSA) is 119 Å². The van der Waals surface area contributed by atoms with Crippen LogP contribution in [-0.2, 0) is 18.2 Å². The van der Waals surface area contributed by atoms with Gasteiger partial charge in [-0.1, -0.05) is 6.42 Å². The molecule has 0 spiro atoms. The molecule has 1 aliphatic heterocycles. The molecule has 96 valence electrons. The number of unbranched alkanes of at least 4 members (excludes halogenated alkanes) is 1. The van der Waals surface area contributed by atoms with E-state index in [4.69, 9.17) is 24.6 Å². The van der Waals surface area contributed by atoms with E-state index in [1.54, 1.807) is 0 Å². The van der Waals surface area contributed by atoms with Gasteiger partial charge in [-0.25, -0.2) is 0 Å². The van der Waals surface area contributed by atoms with Crippen LogP contribution in [0.5, 0.6) is 0 Å². The van der Waals surface area contributed by atoms with Gasteiger partial charge in [-0.3, -0.25) is 9.13 Å². The Morgan fingerprint density at radius 1 is 1.31 bits per heavy atom. The van der Waals surface area contributed by atoms with Crippen molar-refractivity contribution in [3.8, 4) is 0 Å². The first-order valence-electron chi connectivity index (χ1n) is 5.02. The fourth-order valence-electron chi connectivity index (χ4n) is 1.35. The first kappa shape index (κ1) is 14.3. The molecule has 4 N–H and O–H groups in total. The van der Waals surface area contributed by atoms with Crippen LogP contribution in [-0.4, -0.2) is 34.9 Å². The van der Waals surface area contributed by atoms with Crippen LogP contribution in [0.2, 0.25) is 0 Å². The molecule has 1 aliphatic rings. The molecule has 0 aromatic heterocycles. The van der Waals surface area contributed by atoms with Gasteiger partial charge in [-0.05, 0) is 12.8 Å². The van der Waals surface area contributed by atoms with Crippen LogP contribution < -0.4 is 5.73 Å². The summed E-state index contributed by atoms with van der Waals surface area (Å²) in [5.74, 6) is -1.14. The Morgan fingerprint density at radius 2 is 1.88 bits per heavy atom. The molecule has 0 aromatic carbocycles. The molecule has 1 fully saturated rings. The first-order chi connectivity index (χ1) is 7.33. The molecule has 1 saturated heterocycles. The summed E-state index contributed by atoms with van der Waals surface area (Å²) in [7, 11) is -7.10. The van der Waals surface area contributed by atoms with Crippen molar-refractivity contribution >= 4 is 15.2 Å². The van der Waals surface area contributed by atoms with E-state index in [1.165, 1.54) is 0 Å². The monoisotopic (exact) mass is 273 g/mol. The van der Waals surface area contributed by atoms with E-state index in [-0.39, 0.29) is 12.6 Å². The molecule has 0 amide bonds. The van der Waals surface area contributed by atoms with E-state index in [0.717, 1.165) is 0 Å². The van der Waals surface area contributed by atoms with Crippen molar-refractivity contribution < 1.29 is 28.0 Å². The maximum absolute atomic E-state index is 11.6. The summed E-state index contributed by atoms with van der Waals surface area (Å²) in [4.78, 5) is 17.5. The van der Waals surface area contributed by atoms with E-state index in [2.05, 4.69) is 0 Å². The lowest BCUT2D eigenvalue weighted by Crippen LogP contribution is -2.19. The third-order valence-corrected chi connectivity index (χ3v) is 5.41. The molecule has 1 atom stereocenters. The molecule has 0 aromatic rings. The second-order valence-corrected chi connectivity index (χ2v) is 7.68. The molecule has 16 heavy (non-hydrogen) atoms. The van der Waals surface area contributed by atoms with Crippen LogP contribution in [0, 0.1) is 0 Å². The quantitative estimate of drug-likeness (QED) is 0.485. The van der Waals surface area contributed by atoms with Crippen LogP contribution in [0.1, 0.15) is 19.3 Å². The summed E-state index contributed by atoms with van der Waals surface area (Å²) in [5, 5.41) is 0. The Balaban J connectivity index is 2.17. The van der Waals surface area contributed by atoms with Crippen LogP contribution in [0.25, 0.3) is 0 Å². The summed E-state index contributed by atoms with van der Waals surface area (Å²) in [5.41, 5.74) is 5.28. The fraction of sp³-hybridized carbons (Fsp3) is 1.00. The summed E-state index contributed by atoms with van der Waals surface area (Å²) in [6.45, 7) is 0.693. The molecule has 0 radical (unpaired) electrons. The van der Waals surface area contributed by atoms with Crippen LogP contribution in [0.4, 0.5) is 0 Å². The fourth-order valence-corrected chi connectivity index (χ4v) is 3.51. The Kier molecular flexibility index (Phi) is 5.13. The highest BCUT2D eigenvalue weighted by atomic mass is 31.2. The molecule has 9 heteroatoms. The lowest BCUT2D eigenvalue weighted by atomic mass is 10.2. The highest BCUT2D eigenvalue weighted by Gasteiger charge is 2.29. The predicted molar refractivity (Wildman–Crippen MR) is 58.2 cm³/mol. The van der Waals surface area contributed by atoms with Gasteiger partial charge in [0, 0.05) is 0 Å². The Hall–Kier alpha value is 0.260. The highest BCUT2D eigenvalue weighted by Crippen LogP contribution is 2.52. The van der Waals surface area contributed by atoms with Crippen molar-refractivity contribution in [3.63, 3.8) is 0 Å². The molecule has 0 bridgehead atoms. The van der Waals surface area contributed by atoms with Crippen molar-refractivity contribution in [2.24, 2.45) is 5.73 Å². The minimum absolute atomic E-state index is 0.199. The molecular formula is C7H17NO6P2. The maximum atomic E-state index is 11.6. The van der Waals surface area contributed by atoms with Gasteiger partial charge in [0.2, 0.25) is 0 Å². The molecule has 1 heterocycles. The molecule has 0 aliphatic carbocycles. The summed E-state index contributed by atoms with van der Waals surface area (Å²) >= 11 is 0. The van der Waals surface area contributed by atoms with Gasteiger partial charge in [0.05, 0.1) is 19.4 Å². The average Bonchev–Trinajstić information content (AvgIpc) is 2.58. The molecule has 7 nitrogen and oxygen atoms in total. The van der Waals surface area contributed by atoms with E-state index < -0.39 is 21.0 Å². The zero-order chi connectivity index (χ0) is 12.2. The van der Waals surface area contributed by atoms with Crippen molar-refractivity contribution in [1.29, 1.82) is 0 Å². The zero-order valence-corrected chi connectivity index (χ0v) is 10.6. The molecule has 0 saturated carbocycles. The summed E-state index contributed by atoms with van der Waals surface area (Å²) in [6.07, 6.45) is 1.49.